The van der Waals surface area contributed by atoms with Crippen LogP contribution in [0.5, 0.6) is 5.75 Å². The van der Waals surface area contributed by atoms with E-state index in [1.807, 2.05) is 49.4 Å². The van der Waals surface area contributed by atoms with Crippen LogP contribution in [0.15, 0.2) is 83.4 Å². The summed E-state index contributed by atoms with van der Waals surface area (Å²) in [7, 11) is 0. The maximum Gasteiger partial charge on any atom is 0.144 e. The number of furan rings is 1. The summed E-state index contributed by atoms with van der Waals surface area (Å²) in [5.41, 5.74) is 6.01. The molecule has 0 radical (unpaired) electrons. The number of hydrogen-bond donors (Lipinski definition) is 1. The molecule has 36 heavy (non-hydrogen) atoms. The summed E-state index contributed by atoms with van der Waals surface area (Å²) in [6.45, 7) is 6.31. The molecular formula is C32H26FNO2. The number of aromatic nitrogens is 1. The Bertz CT molecular complexity index is 1780. The third-order valence-corrected chi connectivity index (χ3v) is 6.75. The smallest absolute Gasteiger partial charge is 0.144 e. The molecule has 0 amide bonds. The van der Waals surface area contributed by atoms with Crippen molar-refractivity contribution < 1.29 is 13.9 Å². The summed E-state index contributed by atoms with van der Waals surface area (Å²) < 4.78 is 22.2. The summed E-state index contributed by atoms with van der Waals surface area (Å²) in [5, 5.41) is 13.9. The third kappa shape index (κ3) is 3.61. The molecule has 0 atom stereocenters. The van der Waals surface area contributed by atoms with Gasteiger partial charge in [0.25, 0.3) is 0 Å². The summed E-state index contributed by atoms with van der Waals surface area (Å²) in [4.78, 5) is 4.66. The Morgan fingerprint density at radius 3 is 2.44 bits per heavy atom. The number of hydrogen-bond acceptors (Lipinski definition) is 3. The fourth-order valence-electron chi connectivity index (χ4n) is 5.19. The van der Waals surface area contributed by atoms with Gasteiger partial charge in [0.15, 0.2) is 0 Å². The van der Waals surface area contributed by atoms with Crippen LogP contribution in [0.3, 0.4) is 0 Å². The Morgan fingerprint density at radius 1 is 0.833 bits per heavy atom. The number of rotatable bonds is 4. The number of para-hydroxylation sites is 1. The Hall–Kier alpha value is -4.18. The van der Waals surface area contributed by atoms with Crippen LogP contribution in [0.4, 0.5) is 4.39 Å². The Balaban J connectivity index is 1.54. The van der Waals surface area contributed by atoms with E-state index in [-0.39, 0.29) is 11.6 Å². The van der Waals surface area contributed by atoms with Crippen LogP contribution in [0.2, 0.25) is 0 Å². The van der Waals surface area contributed by atoms with Gasteiger partial charge >= 0.3 is 0 Å². The van der Waals surface area contributed by atoms with Gasteiger partial charge in [-0.1, -0.05) is 56.3 Å². The van der Waals surface area contributed by atoms with E-state index >= 15 is 4.39 Å². The topological polar surface area (TPSA) is 46.3 Å². The maximum atomic E-state index is 15.9. The van der Waals surface area contributed by atoms with Gasteiger partial charge in [-0.25, -0.2) is 4.39 Å². The van der Waals surface area contributed by atoms with Crippen LogP contribution in [0.1, 0.15) is 25.0 Å². The van der Waals surface area contributed by atoms with Gasteiger partial charge in [0, 0.05) is 44.4 Å². The van der Waals surface area contributed by atoms with Crippen molar-refractivity contribution in [3.63, 3.8) is 0 Å². The van der Waals surface area contributed by atoms with Crippen LogP contribution in [0, 0.1) is 18.7 Å². The molecule has 0 aliphatic rings. The molecule has 2 aromatic heterocycles. The molecule has 4 aromatic carbocycles. The molecule has 0 bridgehead atoms. The van der Waals surface area contributed by atoms with E-state index in [1.165, 1.54) is 0 Å². The van der Waals surface area contributed by atoms with Crippen LogP contribution >= 0.6 is 0 Å². The summed E-state index contributed by atoms with van der Waals surface area (Å²) in [5.74, 6) is 0.179. The molecule has 0 unspecified atom stereocenters. The molecular weight excluding hydrogens is 449 g/mol. The third-order valence-electron chi connectivity index (χ3n) is 6.75. The molecule has 6 rings (SSSR count). The zero-order chi connectivity index (χ0) is 25.0. The zero-order valence-corrected chi connectivity index (χ0v) is 20.5. The first-order valence-corrected chi connectivity index (χ1v) is 12.2. The molecule has 2 heterocycles. The summed E-state index contributed by atoms with van der Waals surface area (Å²) >= 11 is 0. The first-order chi connectivity index (χ1) is 17.4. The number of nitrogens with zero attached hydrogens (tertiary/aromatic N) is 1. The minimum Gasteiger partial charge on any atom is -0.507 e. The van der Waals surface area contributed by atoms with Crippen molar-refractivity contribution in [3.8, 4) is 28.1 Å². The van der Waals surface area contributed by atoms with Gasteiger partial charge in [0.2, 0.25) is 0 Å². The Kier molecular flexibility index (Phi) is 5.26. The monoisotopic (exact) mass is 475 g/mol. The number of aryl methyl sites for hydroxylation is 1. The minimum absolute atomic E-state index is 0.0864. The van der Waals surface area contributed by atoms with Crippen molar-refractivity contribution in [3.05, 3.63) is 95.9 Å². The van der Waals surface area contributed by atoms with E-state index in [9.17, 15) is 5.11 Å². The highest BCUT2D eigenvalue weighted by Crippen LogP contribution is 2.41. The molecule has 0 aliphatic carbocycles. The highest BCUT2D eigenvalue weighted by Gasteiger charge is 2.19. The summed E-state index contributed by atoms with van der Waals surface area (Å²) in [6.07, 6.45) is 2.49. The van der Waals surface area contributed by atoms with Crippen molar-refractivity contribution in [2.24, 2.45) is 5.92 Å². The van der Waals surface area contributed by atoms with Crippen molar-refractivity contribution in [2.45, 2.75) is 27.2 Å². The van der Waals surface area contributed by atoms with Gasteiger partial charge in [0.05, 0.1) is 5.69 Å². The van der Waals surface area contributed by atoms with Gasteiger partial charge in [-0.15, -0.1) is 0 Å². The second-order valence-corrected chi connectivity index (χ2v) is 9.92. The average Bonchev–Trinajstić information content (AvgIpc) is 3.22. The average molecular weight is 476 g/mol. The molecule has 0 saturated carbocycles. The minimum atomic E-state index is -0.378. The Morgan fingerprint density at radius 2 is 1.64 bits per heavy atom. The quantitative estimate of drug-likeness (QED) is 0.277. The van der Waals surface area contributed by atoms with Gasteiger partial charge < -0.3 is 9.52 Å². The highest BCUT2D eigenvalue weighted by atomic mass is 19.1. The van der Waals surface area contributed by atoms with Gasteiger partial charge in [0.1, 0.15) is 22.7 Å². The lowest BCUT2D eigenvalue weighted by Gasteiger charge is -2.13. The zero-order valence-electron chi connectivity index (χ0n) is 20.5. The van der Waals surface area contributed by atoms with Gasteiger partial charge in [-0.3, -0.25) is 4.98 Å². The van der Waals surface area contributed by atoms with Crippen molar-refractivity contribution >= 4 is 32.7 Å². The van der Waals surface area contributed by atoms with Crippen molar-refractivity contribution in [2.75, 3.05) is 0 Å². The predicted molar refractivity (Wildman–Crippen MR) is 145 cm³/mol. The molecule has 6 aromatic rings. The second kappa shape index (κ2) is 8.49. The lowest BCUT2D eigenvalue weighted by atomic mass is 9.94. The number of phenols is 1. The Labute approximate surface area is 208 Å². The van der Waals surface area contributed by atoms with Crippen LogP contribution < -0.4 is 0 Å². The lowest BCUT2D eigenvalue weighted by Crippen LogP contribution is -1.95. The molecule has 3 nitrogen and oxygen atoms in total. The second-order valence-electron chi connectivity index (χ2n) is 9.92. The molecule has 0 spiro atoms. The normalized spacial score (nSPS) is 11.8. The van der Waals surface area contributed by atoms with E-state index in [0.717, 1.165) is 45.0 Å². The number of fused-ring (bicyclic) bond motifs is 4. The van der Waals surface area contributed by atoms with Crippen LogP contribution in [-0.4, -0.2) is 10.1 Å². The fraction of sp³-hybridized carbons (Fsp3) is 0.156. The first kappa shape index (κ1) is 22.3. The van der Waals surface area contributed by atoms with Crippen LogP contribution in [-0.2, 0) is 6.42 Å². The molecule has 0 saturated heterocycles. The SMILES string of the molecule is Cc1cc(-c2nccc3c(F)c(-c4ccc(CC(C)C)cc4O)ccc23)c2oc3ccccc3c2c1. The van der Waals surface area contributed by atoms with Gasteiger partial charge in [-0.05, 0) is 60.7 Å². The number of benzene rings is 4. The first-order valence-electron chi connectivity index (χ1n) is 12.2. The largest absolute Gasteiger partial charge is 0.507 e. The van der Waals surface area contributed by atoms with E-state index in [2.05, 4.69) is 24.9 Å². The number of halogens is 1. The van der Waals surface area contributed by atoms with Crippen molar-refractivity contribution in [1.82, 2.24) is 4.98 Å². The van der Waals surface area contributed by atoms with Crippen molar-refractivity contribution in [1.29, 1.82) is 0 Å². The highest BCUT2D eigenvalue weighted by molar-refractivity contribution is 6.12. The lowest BCUT2D eigenvalue weighted by molar-refractivity contribution is 0.475. The molecule has 0 aliphatic heterocycles. The summed E-state index contributed by atoms with van der Waals surface area (Å²) in [6, 6.07) is 22.9. The van der Waals surface area contributed by atoms with Gasteiger partial charge in [-0.2, -0.15) is 0 Å². The number of pyridine rings is 1. The number of phenolic OH excluding ortho intramolecular Hbond substituents is 1. The molecule has 1 N–H and O–H groups in total. The predicted octanol–water partition coefficient (Wildman–Crippen LogP) is 8.82. The molecule has 178 valence electrons. The van der Waals surface area contributed by atoms with E-state index < -0.39 is 0 Å². The molecule has 4 heteroatoms. The number of aromatic hydroxyl groups is 1. The van der Waals surface area contributed by atoms with Crippen LogP contribution in [0.25, 0.3) is 55.1 Å². The standard InChI is InChI=1S/C32H26FNO2/c1-18(2)14-20-8-9-21(28(35)17-20)23-10-11-25-24(30(23)33)12-13-34-31(25)27-16-19(3)15-26-22-6-4-5-7-29(22)36-32(26)27/h4-13,15-18,35H,14H2,1-3H3. The van der Waals surface area contributed by atoms with E-state index in [4.69, 9.17) is 4.42 Å². The van der Waals surface area contributed by atoms with E-state index in [0.29, 0.717) is 33.5 Å². The fourth-order valence-corrected chi connectivity index (χ4v) is 5.19. The van der Waals surface area contributed by atoms with E-state index in [1.54, 1.807) is 30.5 Å². The molecule has 0 fully saturated rings. The maximum absolute atomic E-state index is 15.9.